The van der Waals surface area contributed by atoms with E-state index < -0.39 is 11.9 Å². The maximum absolute atomic E-state index is 12.1. The van der Waals surface area contributed by atoms with Gasteiger partial charge in [-0.05, 0) is 48.6 Å². The van der Waals surface area contributed by atoms with E-state index in [2.05, 4.69) is 11.1 Å². The van der Waals surface area contributed by atoms with Crippen molar-refractivity contribution < 1.29 is 14.6 Å². The molecular formula is C27H31NO3. The van der Waals surface area contributed by atoms with Gasteiger partial charge in [0.1, 0.15) is 12.4 Å². The molecule has 31 heavy (non-hydrogen) atoms. The maximum Gasteiger partial charge on any atom is 0.311 e. The summed E-state index contributed by atoms with van der Waals surface area (Å²) in [5.41, 5.74) is 2.71. The van der Waals surface area contributed by atoms with Crippen molar-refractivity contribution in [2.75, 3.05) is 0 Å². The van der Waals surface area contributed by atoms with Gasteiger partial charge in [-0.25, -0.2) is 4.98 Å². The minimum Gasteiger partial charge on any atom is -0.487 e. The van der Waals surface area contributed by atoms with Crippen molar-refractivity contribution in [1.29, 1.82) is 0 Å². The number of fused-ring (bicyclic) bond motifs is 1. The zero-order valence-electron chi connectivity index (χ0n) is 18.0. The molecule has 4 rings (SSSR count). The van der Waals surface area contributed by atoms with Crippen LogP contribution in [0.25, 0.3) is 10.9 Å². The minimum absolute atomic E-state index is 0.212. The van der Waals surface area contributed by atoms with Crippen LogP contribution in [0.3, 0.4) is 0 Å². The maximum atomic E-state index is 12.1. The number of aromatic nitrogens is 1. The fourth-order valence-electron chi connectivity index (χ4n) is 4.73. The van der Waals surface area contributed by atoms with Gasteiger partial charge in [-0.1, -0.05) is 74.9 Å². The molecular weight excluding hydrogens is 386 g/mol. The third-order valence-corrected chi connectivity index (χ3v) is 6.42. The molecule has 1 atom stereocenters. The summed E-state index contributed by atoms with van der Waals surface area (Å²) < 4.78 is 5.92. The van der Waals surface area contributed by atoms with Crippen molar-refractivity contribution in [3.8, 4) is 5.75 Å². The van der Waals surface area contributed by atoms with Crippen molar-refractivity contribution >= 4 is 16.9 Å². The third-order valence-electron chi connectivity index (χ3n) is 6.42. The van der Waals surface area contributed by atoms with E-state index in [1.807, 2.05) is 54.6 Å². The molecule has 0 amide bonds. The second-order valence-corrected chi connectivity index (χ2v) is 8.63. The average Bonchev–Trinajstić information content (AvgIpc) is 2.93. The summed E-state index contributed by atoms with van der Waals surface area (Å²) in [4.78, 5) is 16.8. The summed E-state index contributed by atoms with van der Waals surface area (Å²) in [5.74, 6) is -0.200. The van der Waals surface area contributed by atoms with E-state index in [0.717, 1.165) is 53.6 Å². The molecule has 1 heterocycles. The number of nitrogens with zero attached hydrogens (tertiary/aromatic N) is 1. The molecule has 2 aromatic carbocycles. The van der Waals surface area contributed by atoms with Crippen LogP contribution >= 0.6 is 0 Å². The summed E-state index contributed by atoms with van der Waals surface area (Å²) in [6, 6.07) is 19.7. The van der Waals surface area contributed by atoms with Gasteiger partial charge in [0.2, 0.25) is 0 Å². The lowest BCUT2D eigenvalue weighted by atomic mass is 9.80. The Morgan fingerprint density at radius 2 is 1.58 bits per heavy atom. The Bertz CT molecular complexity index is 989. The Kier molecular flexibility index (Phi) is 7.18. The molecule has 0 bridgehead atoms. The van der Waals surface area contributed by atoms with Gasteiger partial charge in [0.15, 0.2) is 0 Å². The minimum atomic E-state index is -0.710. The van der Waals surface area contributed by atoms with Crippen LogP contribution in [0.5, 0.6) is 5.75 Å². The molecule has 1 aromatic heterocycles. The first-order valence-corrected chi connectivity index (χ1v) is 11.5. The lowest BCUT2D eigenvalue weighted by molar-refractivity contribution is -0.140. The zero-order chi connectivity index (χ0) is 21.5. The number of pyridine rings is 1. The Hall–Kier alpha value is -2.88. The van der Waals surface area contributed by atoms with E-state index in [-0.39, 0.29) is 5.92 Å². The predicted octanol–water partition coefficient (Wildman–Crippen LogP) is 6.73. The van der Waals surface area contributed by atoms with E-state index in [1.54, 1.807) is 0 Å². The topological polar surface area (TPSA) is 59.4 Å². The lowest BCUT2D eigenvalue weighted by Gasteiger charge is -2.24. The Morgan fingerprint density at radius 1 is 0.903 bits per heavy atom. The molecule has 0 spiro atoms. The van der Waals surface area contributed by atoms with E-state index in [0.29, 0.717) is 6.61 Å². The number of carboxylic acids is 1. The molecule has 1 saturated carbocycles. The quantitative estimate of drug-likeness (QED) is 0.483. The number of benzene rings is 2. The highest BCUT2D eigenvalue weighted by Gasteiger charge is 2.29. The third kappa shape index (κ3) is 5.63. The van der Waals surface area contributed by atoms with Crippen molar-refractivity contribution in [2.45, 2.75) is 63.9 Å². The molecule has 162 valence electrons. The van der Waals surface area contributed by atoms with Crippen LogP contribution in [0, 0.1) is 5.92 Å². The van der Waals surface area contributed by atoms with Crippen LogP contribution in [-0.4, -0.2) is 16.1 Å². The van der Waals surface area contributed by atoms with Crippen LogP contribution in [0.2, 0.25) is 0 Å². The number of ether oxygens (including phenoxy) is 1. The van der Waals surface area contributed by atoms with Gasteiger partial charge in [0, 0.05) is 5.39 Å². The van der Waals surface area contributed by atoms with Crippen LogP contribution in [0.15, 0.2) is 60.7 Å². The molecule has 4 nitrogen and oxygen atoms in total. The highest BCUT2D eigenvalue weighted by molar-refractivity contribution is 5.78. The largest absolute Gasteiger partial charge is 0.487 e. The van der Waals surface area contributed by atoms with Gasteiger partial charge in [-0.15, -0.1) is 0 Å². The summed E-state index contributed by atoms with van der Waals surface area (Å²) in [5, 5.41) is 11.1. The standard InChI is InChI=1S/C27H31NO3/c29-27(30)26(21-10-5-3-1-2-4-6-11-21)22-14-17-24(18-15-22)31-19-23-16-13-20-9-7-8-12-25(20)28-23/h7-9,12-18,21,26H,1-6,10-11,19H2,(H,29,30). The second-order valence-electron chi connectivity index (χ2n) is 8.63. The van der Waals surface area contributed by atoms with E-state index in [1.165, 1.54) is 25.7 Å². The van der Waals surface area contributed by atoms with Gasteiger partial charge in [-0.3, -0.25) is 4.79 Å². The fraction of sp³-hybridized carbons (Fsp3) is 0.407. The number of carbonyl (C=O) groups is 1. The molecule has 1 aliphatic carbocycles. The van der Waals surface area contributed by atoms with Gasteiger partial charge in [-0.2, -0.15) is 0 Å². The SMILES string of the molecule is O=C(O)C(c1ccc(OCc2ccc3ccccc3n2)cc1)C1CCCCCCCC1. The van der Waals surface area contributed by atoms with Crippen molar-refractivity contribution in [3.63, 3.8) is 0 Å². The molecule has 1 unspecified atom stereocenters. The number of rotatable bonds is 6. The molecule has 1 fully saturated rings. The molecule has 3 aromatic rings. The monoisotopic (exact) mass is 417 g/mol. The zero-order valence-corrected chi connectivity index (χ0v) is 18.0. The predicted molar refractivity (Wildman–Crippen MR) is 123 cm³/mol. The normalized spacial score (nSPS) is 16.8. The van der Waals surface area contributed by atoms with E-state index in [4.69, 9.17) is 4.74 Å². The fourth-order valence-corrected chi connectivity index (χ4v) is 4.73. The van der Waals surface area contributed by atoms with Crippen LogP contribution in [0.1, 0.15) is 68.5 Å². The first-order chi connectivity index (χ1) is 15.2. The number of para-hydroxylation sites is 1. The van der Waals surface area contributed by atoms with E-state index >= 15 is 0 Å². The Balaban J connectivity index is 1.42. The average molecular weight is 418 g/mol. The molecule has 0 saturated heterocycles. The summed E-state index contributed by atoms with van der Waals surface area (Å²) in [6.45, 7) is 0.384. The van der Waals surface area contributed by atoms with Crippen molar-refractivity contribution in [2.24, 2.45) is 5.92 Å². The van der Waals surface area contributed by atoms with Crippen molar-refractivity contribution in [3.05, 3.63) is 71.9 Å². The number of aliphatic carboxylic acids is 1. The number of carboxylic acid groups (broad SMARTS) is 1. The molecule has 0 aliphatic heterocycles. The highest BCUT2D eigenvalue weighted by Crippen LogP contribution is 2.35. The smallest absolute Gasteiger partial charge is 0.311 e. The molecule has 1 aliphatic rings. The summed E-state index contributed by atoms with van der Waals surface area (Å²) in [7, 11) is 0. The van der Waals surface area contributed by atoms with Crippen LogP contribution in [-0.2, 0) is 11.4 Å². The number of hydrogen-bond donors (Lipinski definition) is 1. The first kappa shape index (κ1) is 21.4. The second kappa shape index (κ2) is 10.4. The molecule has 1 N–H and O–H groups in total. The van der Waals surface area contributed by atoms with Crippen LogP contribution in [0.4, 0.5) is 0 Å². The van der Waals surface area contributed by atoms with Crippen LogP contribution < -0.4 is 4.74 Å². The van der Waals surface area contributed by atoms with Crippen molar-refractivity contribution in [1.82, 2.24) is 4.98 Å². The Morgan fingerprint density at radius 3 is 2.29 bits per heavy atom. The molecule has 0 radical (unpaired) electrons. The summed E-state index contributed by atoms with van der Waals surface area (Å²) in [6.07, 6.45) is 9.27. The van der Waals surface area contributed by atoms with Gasteiger partial charge >= 0.3 is 5.97 Å². The Labute approximate surface area is 184 Å². The summed E-state index contributed by atoms with van der Waals surface area (Å²) >= 11 is 0. The van der Waals surface area contributed by atoms with Gasteiger partial charge < -0.3 is 9.84 Å². The lowest BCUT2D eigenvalue weighted by Crippen LogP contribution is -2.22. The molecule has 4 heteroatoms. The first-order valence-electron chi connectivity index (χ1n) is 11.5. The highest BCUT2D eigenvalue weighted by atomic mass is 16.5. The van der Waals surface area contributed by atoms with Gasteiger partial charge in [0.05, 0.1) is 17.1 Å². The van der Waals surface area contributed by atoms with Gasteiger partial charge in [0.25, 0.3) is 0 Å². The number of hydrogen-bond acceptors (Lipinski definition) is 3. The van der Waals surface area contributed by atoms with E-state index in [9.17, 15) is 9.90 Å².